The smallest absolute Gasteiger partial charge is 0.259 e. The molecule has 0 atom stereocenters. The van der Waals surface area contributed by atoms with Gasteiger partial charge in [0.25, 0.3) is 5.91 Å². The van der Waals surface area contributed by atoms with Gasteiger partial charge in [-0.25, -0.2) is 4.98 Å². The predicted octanol–water partition coefficient (Wildman–Crippen LogP) is 4.11. The molecule has 116 valence electrons. The topological polar surface area (TPSA) is 42.4 Å². The van der Waals surface area contributed by atoms with Gasteiger partial charge in [-0.3, -0.25) is 4.79 Å². The Bertz CT molecular complexity index is 669. The van der Waals surface area contributed by atoms with Crippen molar-refractivity contribution in [3.8, 4) is 5.88 Å². The van der Waals surface area contributed by atoms with Crippen molar-refractivity contribution in [3.05, 3.63) is 52.7 Å². The monoisotopic (exact) mass is 318 g/mol. The van der Waals surface area contributed by atoms with Crippen LogP contribution in [0.5, 0.6) is 5.88 Å². The third-order valence-corrected chi connectivity index (χ3v) is 3.59. The van der Waals surface area contributed by atoms with Crippen molar-refractivity contribution >= 4 is 23.2 Å². The minimum atomic E-state index is -0.150. The highest BCUT2D eigenvalue weighted by atomic mass is 35.5. The molecule has 0 bridgehead atoms. The number of ether oxygens (including phenoxy) is 1. The Balaban J connectivity index is 2.17. The first-order valence-electron chi connectivity index (χ1n) is 7.05. The second kappa shape index (κ2) is 6.79. The largest absolute Gasteiger partial charge is 0.475 e. The molecule has 22 heavy (non-hydrogen) atoms. The fourth-order valence-electron chi connectivity index (χ4n) is 1.92. The fourth-order valence-corrected chi connectivity index (χ4v) is 2.09. The van der Waals surface area contributed by atoms with Crippen molar-refractivity contribution in [1.82, 2.24) is 4.98 Å². The number of hydrogen-bond acceptors (Lipinski definition) is 3. The van der Waals surface area contributed by atoms with E-state index in [0.29, 0.717) is 16.5 Å². The average Bonchev–Trinajstić information content (AvgIpc) is 2.49. The van der Waals surface area contributed by atoms with E-state index in [1.807, 2.05) is 32.9 Å². The molecule has 0 aliphatic carbocycles. The Morgan fingerprint density at radius 1 is 1.27 bits per heavy atom. The number of anilines is 1. The SMILES string of the molecule is Cc1ccc(N(C)C(=O)c2ccc(OC(C)C)nc2)cc1Cl. The maximum atomic E-state index is 12.5. The summed E-state index contributed by atoms with van der Waals surface area (Å²) >= 11 is 6.11. The zero-order chi connectivity index (χ0) is 16.3. The summed E-state index contributed by atoms with van der Waals surface area (Å²) in [7, 11) is 1.71. The molecule has 0 spiro atoms. The standard InChI is InChI=1S/C17H19ClN2O2/c1-11(2)22-16-8-6-13(10-19-16)17(21)20(4)14-7-5-12(3)15(18)9-14/h5-11H,1-4H3. The minimum absolute atomic E-state index is 0.0476. The summed E-state index contributed by atoms with van der Waals surface area (Å²) in [6.07, 6.45) is 1.57. The molecule has 1 aromatic heterocycles. The van der Waals surface area contributed by atoms with Crippen molar-refractivity contribution in [1.29, 1.82) is 0 Å². The van der Waals surface area contributed by atoms with Crippen LogP contribution in [0.4, 0.5) is 5.69 Å². The molecule has 0 saturated heterocycles. The molecule has 4 nitrogen and oxygen atoms in total. The van der Waals surface area contributed by atoms with Crippen LogP contribution in [-0.4, -0.2) is 24.0 Å². The molecular formula is C17H19ClN2O2. The van der Waals surface area contributed by atoms with Gasteiger partial charge >= 0.3 is 0 Å². The number of halogens is 1. The van der Waals surface area contributed by atoms with Crippen LogP contribution in [-0.2, 0) is 0 Å². The van der Waals surface area contributed by atoms with E-state index in [1.54, 1.807) is 30.1 Å². The molecular weight excluding hydrogens is 300 g/mol. The number of aryl methyl sites for hydroxylation is 1. The van der Waals surface area contributed by atoms with Crippen LogP contribution >= 0.6 is 11.6 Å². The Morgan fingerprint density at radius 2 is 2.00 bits per heavy atom. The third kappa shape index (κ3) is 3.77. The summed E-state index contributed by atoms with van der Waals surface area (Å²) in [6.45, 7) is 5.77. The summed E-state index contributed by atoms with van der Waals surface area (Å²) in [6, 6.07) is 8.93. The molecule has 1 heterocycles. The van der Waals surface area contributed by atoms with Gasteiger partial charge in [-0.05, 0) is 44.5 Å². The van der Waals surface area contributed by atoms with Crippen LogP contribution in [0.3, 0.4) is 0 Å². The van der Waals surface area contributed by atoms with Gasteiger partial charge in [-0.2, -0.15) is 0 Å². The van der Waals surface area contributed by atoms with Gasteiger partial charge in [0.1, 0.15) is 0 Å². The molecule has 0 N–H and O–H groups in total. The van der Waals surface area contributed by atoms with E-state index in [1.165, 1.54) is 6.20 Å². The van der Waals surface area contributed by atoms with Crippen LogP contribution in [0.15, 0.2) is 36.5 Å². The molecule has 0 unspecified atom stereocenters. The number of benzene rings is 1. The van der Waals surface area contributed by atoms with Gasteiger partial charge in [0.15, 0.2) is 0 Å². The Labute approximate surface area is 135 Å². The van der Waals surface area contributed by atoms with E-state index in [4.69, 9.17) is 16.3 Å². The maximum Gasteiger partial charge on any atom is 0.259 e. The molecule has 1 aromatic carbocycles. The highest BCUT2D eigenvalue weighted by Gasteiger charge is 2.15. The Morgan fingerprint density at radius 3 is 2.55 bits per heavy atom. The molecule has 1 amide bonds. The predicted molar refractivity (Wildman–Crippen MR) is 88.9 cm³/mol. The van der Waals surface area contributed by atoms with Crippen molar-refractivity contribution < 1.29 is 9.53 Å². The zero-order valence-corrected chi connectivity index (χ0v) is 13.9. The highest BCUT2D eigenvalue weighted by Crippen LogP contribution is 2.23. The normalized spacial score (nSPS) is 10.6. The molecule has 2 aromatic rings. The van der Waals surface area contributed by atoms with Gasteiger partial charge in [0, 0.05) is 30.0 Å². The van der Waals surface area contributed by atoms with Crippen molar-refractivity contribution in [2.75, 3.05) is 11.9 Å². The van der Waals surface area contributed by atoms with Gasteiger partial charge in [0.2, 0.25) is 5.88 Å². The van der Waals surface area contributed by atoms with E-state index >= 15 is 0 Å². The van der Waals surface area contributed by atoms with Gasteiger partial charge in [-0.15, -0.1) is 0 Å². The quantitative estimate of drug-likeness (QED) is 0.852. The van der Waals surface area contributed by atoms with Crippen molar-refractivity contribution in [3.63, 3.8) is 0 Å². The van der Waals surface area contributed by atoms with Gasteiger partial charge in [0.05, 0.1) is 11.7 Å². The lowest BCUT2D eigenvalue weighted by Crippen LogP contribution is -2.26. The molecule has 0 aliphatic rings. The van der Waals surface area contributed by atoms with Crippen LogP contribution in [0.2, 0.25) is 5.02 Å². The molecule has 0 aliphatic heterocycles. The first kappa shape index (κ1) is 16.3. The molecule has 5 heteroatoms. The number of carbonyl (C=O) groups is 1. The number of carbonyl (C=O) groups excluding carboxylic acids is 1. The lowest BCUT2D eigenvalue weighted by molar-refractivity contribution is 0.0992. The summed E-state index contributed by atoms with van der Waals surface area (Å²) in [5, 5.41) is 0.635. The molecule has 0 radical (unpaired) electrons. The molecule has 2 rings (SSSR count). The van der Waals surface area contributed by atoms with Gasteiger partial charge in [-0.1, -0.05) is 17.7 Å². The summed E-state index contributed by atoms with van der Waals surface area (Å²) in [4.78, 5) is 18.2. The van der Waals surface area contributed by atoms with Crippen LogP contribution in [0.25, 0.3) is 0 Å². The second-order valence-corrected chi connectivity index (χ2v) is 5.76. The van der Waals surface area contributed by atoms with Crippen LogP contribution < -0.4 is 9.64 Å². The third-order valence-electron chi connectivity index (χ3n) is 3.19. The van der Waals surface area contributed by atoms with Crippen LogP contribution in [0.1, 0.15) is 29.8 Å². The summed E-state index contributed by atoms with van der Waals surface area (Å²) in [5.41, 5.74) is 2.21. The number of hydrogen-bond donors (Lipinski definition) is 0. The van der Waals surface area contributed by atoms with Crippen molar-refractivity contribution in [2.24, 2.45) is 0 Å². The lowest BCUT2D eigenvalue weighted by Gasteiger charge is -2.18. The summed E-state index contributed by atoms with van der Waals surface area (Å²) in [5.74, 6) is 0.358. The lowest BCUT2D eigenvalue weighted by atomic mass is 10.2. The maximum absolute atomic E-state index is 12.5. The van der Waals surface area contributed by atoms with Gasteiger partial charge < -0.3 is 9.64 Å². The van der Waals surface area contributed by atoms with E-state index in [0.717, 1.165) is 11.3 Å². The number of pyridine rings is 1. The first-order valence-corrected chi connectivity index (χ1v) is 7.43. The first-order chi connectivity index (χ1) is 10.4. The average molecular weight is 319 g/mol. The minimum Gasteiger partial charge on any atom is -0.475 e. The molecule has 0 fully saturated rings. The summed E-state index contributed by atoms with van der Waals surface area (Å²) < 4.78 is 5.47. The van der Waals surface area contributed by atoms with E-state index < -0.39 is 0 Å². The number of amides is 1. The van der Waals surface area contributed by atoms with E-state index in [9.17, 15) is 4.79 Å². The fraction of sp³-hybridized carbons (Fsp3) is 0.294. The second-order valence-electron chi connectivity index (χ2n) is 5.35. The highest BCUT2D eigenvalue weighted by molar-refractivity contribution is 6.31. The zero-order valence-electron chi connectivity index (χ0n) is 13.1. The van der Waals surface area contributed by atoms with E-state index in [-0.39, 0.29) is 12.0 Å². The Hall–Kier alpha value is -2.07. The number of aromatic nitrogens is 1. The Kier molecular flexibility index (Phi) is 5.03. The number of rotatable bonds is 4. The van der Waals surface area contributed by atoms with E-state index in [2.05, 4.69) is 4.98 Å². The van der Waals surface area contributed by atoms with Crippen LogP contribution in [0, 0.1) is 6.92 Å². The number of nitrogens with zero attached hydrogens (tertiary/aromatic N) is 2. The molecule has 0 saturated carbocycles. The van der Waals surface area contributed by atoms with Crippen molar-refractivity contribution in [2.45, 2.75) is 26.9 Å².